The number of carbonyl (C=O) groups excluding carboxylic acids is 2. The molecule has 5 heteroatoms. The Morgan fingerprint density at radius 3 is 2.19 bits per heavy atom. The van der Waals surface area contributed by atoms with E-state index in [9.17, 15) is 9.59 Å². The summed E-state index contributed by atoms with van der Waals surface area (Å²) in [5.74, 6) is 0.0642. The maximum atomic E-state index is 12.0. The Balaban J connectivity index is 1.80. The molecule has 112 valence electrons. The van der Waals surface area contributed by atoms with Crippen LogP contribution in [0.25, 0.3) is 6.08 Å². The number of nitrogens with one attached hydrogen (secondary N) is 1. The molecule has 0 aromatic heterocycles. The van der Waals surface area contributed by atoms with Gasteiger partial charge in [0.15, 0.2) is 0 Å². The number of rotatable bonds is 2. The number of nitrogens with zero attached hydrogens (tertiary/aromatic N) is 2. The van der Waals surface area contributed by atoms with Gasteiger partial charge in [-0.3, -0.25) is 4.79 Å². The van der Waals surface area contributed by atoms with E-state index in [0.29, 0.717) is 26.2 Å². The van der Waals surface area contributed by atoms with E-state index < -0.39 is 0 Å². The summed E-state index contributed by atoms with van der Waals surface area (Å²) in [4.78, 5) is 26.7. The van der Waals surface area contributed by atoms with Gasteiger partial charge in [-0.25, -0.2) is 4.79 Å². The first-order valence-corrected chi connectivity index (χ1v) is 7.10. The largest absolute Gasteiger partial charge is 0.339 e. The van der Waals surface area contributed by atoms with Crippen LogP contribution in [0.4, 0.5) is 4.79 Å². The highest BCUT2D eigenvalue weighted by Gasteiger charge is 2.21. The molecule has 1 aromatic rings. The van der Waals surface area contributed by atoms with Crippen LogP contribution in [-0.4, -0.2) is 47.9 Å². The molecular weight excluding hydrogens is 266 g/mol. The molecule has 1 heterocycles. The molecule has 1 fully saturated rings. The summed E-state index contributed by atoms with van der Waals surface area (Å²) in [6, 6.07) is 7.94. The maximum Gasteiger partial charge on any atom is 0.321 e. The van der Waals surface area contributed by atoms with E-state index >= 15 is 0 Å². The molecule has 0 bridgehead atoms. The minimum Gasteiger partial charge on any atom is -0.339 e. The zero-order valence-electron chi connectivity index (χ0n) is 12.5. The average molecular weight is 287 g/mol. The molecule has 1 aliphatic rings. The van der Waals surface area contributed by atoms with Gasteiger partial charge in [-0.15, -0.1) is 0 Å². The fourth-order valence-corrected chi connectivity index (χ4v) is 2.20. The first kappa shape index (κ1) is 15.1. The molecule has 1 N–H and O–H groups in total. The molecule has 3 amide bonds. The zero-order chi connectivity index (χ0) is 15.2. The third kappa shape index (κ3) is 4.34. The van der Waals surface area contributed by atoms with Crippen molar-refractivity contribution in [1.29, 1.82) is 0 Å². The van der Waals surface area contributed by atoms with Gasteiger partial charge < -0.3 is 15.1 Å². The predicted octanol–water partition coefficient (Wildman–Crippen LogP) is 1.84. The lowest BCUT2D eigenvalue weighted by molar-refractivity contribution is -0.130. The van der Waals surface area contributed by atoms with Crippen LogP contribution in [0.5, 0.6) is 0 Å². The van der Waals surface area contributed by atoms with Crippen molar-refractivity contribution in [2.24, 2.45) is 0 Å². The number of hydrogen-bond acceptors (Lipinski definition) is 2. The second-order valence-electron chi connectivity index (χ2n) is 5.19. The lowest BCUT2D eigenvalue weighted by Crippen LogP contribution is -2.52. The summed E-state index contributed by atoms with van der Waals surface area (Å²) >= 11 is 0. The number of aryl methyl sites for hydroxylation is 1. The molecular formula is C16H21N3O2. The number of carbonyl (C=O) groups is 2. The third-order valence-electron chi connectivity index (χ3n) is 3.57. The number of piperazine rings is 1. The van der Waals surface area contributed by atoms with Crippen molar-refractivity contribution in [3.63, 3.8) is 0 Å². The summed E-state index contributed by atoms with van der Waals surface area (Å²) < 4.78 is 0. The van der Waals surface area contributed by atoms with Gasteiger partial charge in [0.25, 0.3) is 0 Å². The first-order valence-electron chi connectivity index (χ1n) is 7.10. The molecule has 1 aromatic carbocycles. The van der Waals surface area contributed by atoms with Crippen molar-refractivity contribution in [1.82, 2.24) is 15.1 Å². The van der Waals surface area contributed by atoms with E-state index in [-0.39, 0.29) is 11.9 Å². The fraction of sp³-hybridized carbons (Fsp3) is 0.375. The van der Waals surface area contributed by atoms with Crippen LogP contribution in [0.2, 0.25) is 0 Å². The summed E-state index contributed by atoms with van der Waals surface area (Å²) in [7, 11) is 0. The van der Waals surface area contributed by atoms with Crippen molar-refractivity contribution >= 4 is 18.0 Å². The maximum absolute atomic E-state index is 12.0. The quantitative estimate of drug-likeness (QED) is 0.902. The predicted molar refractivity (Wildman–Crippen MR) is 82.6 cm³/mol. The molecule has 21 heavy (non-hydrogen) atoms. The van der Waals surface area contributed by atoms with Gasteiger partial charge in [0.05, 0.1) is 0 Å². The Morgan fingerprint density at radius 2 is 1.62 bits per heavy atom. The van der Waals surface area contributed by atoms with E-state index in [1.807, 2.05) is 37.3 Å². The molecule has 0 saturated carbocycles. The van der Waals surface area contributed by atoms with E-state index in [2.05, 4.69) is 5.32 Å². The molecule has 0 aliphatic carbocycles. The highest BCUT2D eigenvalue weighted by Crippen LogP contribution is 2.05. The lowest BCUT2D eigenvalue weighted by atomic mass is 10.1. The van der Waals surface area contributed by atoms with Gasteiger partial charge in [-0.1, -0.05) is 29.8 Å². The van der Waals surface area contributed by atoms with Gasteiger partial charge in [0, 0.05) is 39.3 Å². The Kier molecular flexibility index (Phi) is 4.98. The molecule has 0 atom stereocenters. The van der Waals surface area contributed by atoms with Crippen molar-refractivity contribution < 1.29 is 9.59 Å². The first-order chi connectivity index (χ1) is 10.1. The smallest absolute Gasteiger partial charge is 0.321 e. The van der Waals surface area contributed by atoms with Gasteiger partial charge in [-0.05, 0) is 18.6 Å². The monoisotopic (exact) mass is 287 g/mol. The van der Waals surface area contributed by atoms with Crippen LogP contribution in [0.15, 0.2) is 30.5 Å². The fourth-order valence-electron chi connectivity index (χ4n) is 2.20. The topological polar surface area (TPSA) is 52.7 Å². The normalized spacial score (nSPS) is 15.3. The van der Waals surface area contributed by atoms with E-state index in [4.69, 9.17) is 0 Å². The molecule has 0 unspecified atom stereocenters. The highest BCUT2D eigenvalue weighted by atomic mass is 16.2. The van der Waals surface area contributed by atoms with E-state index in [1.165, 1.54) is 5.56 Å². The van der Waals surface area contributed by atoms with Crippen LogP contribution in [0, 0.1) is 6.92 Å². The lowest BCUT2D eigenvalue weighted by Gasteiger charge is -2.33. The van der Waals surface area contributed by atoms with Gasteiger partial charge in [0.1, 0.15) is 0 Å². The number of amides is 3. The van der Waals surface area contributed by atoms with Gasteiger partial charge >= 0.3 is 6.03 Å². The average Bonchev–Trinajstić information content (AvgIpc) is 2.49. The standard InChI is InChI=1S/C16H21N3O2/c1-13-3-5-15(6-4-13)7-8-17-16(21)19-11-9-18(10-12-19)14(2)20/h3-8H,9-12H2,1-2H3,(H,17,21)/b8-7+. The SMILES string of the molecule is CC(=O)N1CCN(C(=O)N/C=C/c2ccc(C)cc2)CC1. The van der Waals surface area contributed by atoms with E-state index in [1.54, 1.807) is 22.9 Å². The van der Waals surface area contributed by atoms with Crippen LogP contribution in [0.3, 0.4) is 0 Å². The summed E-state index contributed by atoms with van der Waals surface area (Å²) in [5.41, 5.74) is 2.25. The Labute approximate surface area is 125 Å². The molecule has 5 nitrogen and oxygen atoms in total. The van der Waals surface area contributed by atoms with Crippen molar-refractivity contribution in [3.8, 4) is 0 Å². The Hall–Kier alpha value is -2.30. The summed E-state index contributed by atoms with van der Waals surface area (Å²) in [6.07, 6.45) is 3.52. The zero-order valence-corrected chi connectivity index (χ0v) is 12.5. The minimum atomic E-state index is -0.124. The highest BCUT2D eigenvalue weighted by molar-refractivity contribution is 5.77. The second-order valence-corrected chi connectivity index (χ2v) is 5.19. The minimum absolute atomic E-state index is 0.0642. The second kappa shape index (κ2) is 6.92. The number of hydrogen-bond donors (Lipinski definition) is 1. The molecule has 0 spiro atoms. The van der Waals surface area contributed by atoms with Crippen LogP contribution in [0.1, 0.15) is 18.1 Å². The van der Waals surface area contributed by atoms with Crippen molar-refractivity contribution in [2.45, 2.75) is 13.8 Å². The molecule has 1 saturated heterocycles. The summed E-state index contributed by atoms with van der Waals surface area (Å²) in [6.45, 7) is 5.94. The van der Waals surface area contributed by atoms with E-state index in [0.717, 1.165) is 5.56 Å². The third-order valence-corrected chi connectivity index (χ3v) is 3.57. The van der Waals surface area contributed by atoms with Crippen LogP contribution in [-0.2, 0) is 4.79 Å². The van der Waals surface area contributed by atoms with Crippen LogP contribution >= 0.6 is 0 Å². The number of urea groups is 1. The number of benzene rings is 1. The Bertz CT molecular complexity index is 529. The van der Waals surface area contributed by atoms with Gasteiger partial charge in [-0.2, -0.15) is 0 Å². The van der Waals surface area contributed by atoms with Gasteiger partial charge in [0.2, 0.25) is 5.91 Å². The van der Waals surface area contributed by atoms with Crippen molar-refractivity contribution in [3.05, 3.63) is 41.6 Å². The molecule has 1 aliphatic heterocycles. The summed E-state index contributed by atoms with van der Waals surface area (Å²) in [5, 5.41) is 2.76. The molecule has 0 radical (unpaired) electrons. The molecule has 2 rings (SSSR count). The van der Waals surface area contributed by atoms with Crippen molar-refractivity contribution in [2.75, 3.05) is 26.2 Å². The van der Waals surface area contributed by atoms with Crippen LogP contribution < -0.4 is 5.32 Å². The Morgan fingerprint density at radius 1 is 1.05 bits per heavy atom.